The SMILES string of the molecule is CCc1c(Cl)nc(-c2cccc(C3CC3)c2)nc1Cl. The number of aromatic nitrogens is 2. The van der Waals surface area contributed by atoms with Crippen molar-refractivity contribution in [2.75, 3.05) is 0 Å². The molecule has 1 fully saturated rings. The molecule has 1 heterocycles. The average Bonchev–Trinajstić information content (AvgIpc) is 3.23. The molecule has 0 saturated heterocycles. The first-order valence-electron chi connectivity index (χ1n) is 6.51. The summed E-state index contributed by atoms with van der Waals surface area (Å²) in [7, 11) is 0. The van der Waals surface area contributed by atoms with Gasteiger partial charge in [0.25, 0.3) is 0 Å². The normalized spacial score (nSPS) is 14.7. The van der Waals surface area contributed by atoms with E-state index in [1.807, 2.05) is 19.1 Å². The predicted molar refractivity (Wildman–Crippen MR) is 78.8 cm³/mol. The number of hydrogen-bond donors (Lipinski definition) is 0. The van der Waals surface area contributed by atoms with Gasteiger partial charge < -0.3 is 0 Å². The quantitative estimate of drug-likeness (QED) is 0.753. The van der Waals surface area contributed by atoms with Gasteiger partial charge in [-0.2, -0.15) is 0 Å². The Bertz CT molecular complexity index is 598. The van der Waals surface area contributed by atoms with E-state index in [9.17, 15) is 0 Å². The Balaban J connectivity index is 2.04. The van der Waals surface area contributed by atoms with E-state index in [4.69, 9.17) is 23.2 Å². The van der Waals surface area contributed by atoms with Crippen molar-refractivity contribution >= 4 is 23.2 Å². The molecule has 1 aromatic carbocycles. The van der Waals surface area contributed by atoms with Gasteiger partial charge in [-0.15, -0.1) is 0 Å². The van der Waals surface area contributed by atoms with E-state index >= 15 is 0 Å². The lowest BCUT2D eigenvalue weighted by Gasteiger charge is -2.07. The van der Waals surface area contributed by atoms with E-state index in [1.54, 1.807) is 0 Å². The monoisotopic (exact) mass is 292 g/mol. The molecular formula is C15H14Cl2N2. The highest BCUT2D eigenvalue weighted by molar-refractivity contribution is 6.34. The summed E-state index contributed by atoms with van der Waals surface area (Å²) in [6.45, 7) is 1.99. The maximum Gasteiger partial charge on any atom is 0.162 e. The zero-order valence-corrected chi connectivity index (χ0v) is 12.2. The average molecular weight is 293 g/mol. The van der Waals surface area contributed by atoms with Gasteiger partial charge in [0.15, 0.2) is 5.82 Å². The molecule has 0 amide bonds. The van der Waals surface area contributed by atoms with Crippen molar-refractivity contribution in [3.63, 3.8) is 0 Å². The van der Waals surface area contributed by atoms with Gasteiger partial charge in [0, 0.05) is 11.1 Å². The van der Waals surface area contributed by atoms with Crippen LogP contribution in [0.4, 0.5) is 0 Å². The summed E-state index contributed by atoms with van der Waals surface area (Å²) in [5.74, 6) is 1.32. The van der Waals surface area contributed by atoms with Crippen LogP contribution in [0, 0.1) is 0 Å². The van der Waals surface area contributed by atoms with Crippen LogP contribution in [0.1, 0.15) is 36.8 Å². The maximum absolute atomic E-state index is 6.16. The van der Waals surface area contributed by atoms with E-state index in [1.165, 1.54) is 18.4 Å². The van der Waals surface area contributed by atoms with Crippen molar-refractivity contribution < 1.29 is 0 Å². The van der Waals surface area contributed by atoms with E-state index in [2.05, 4.69) is 22.1 Å². The number of rotatable bonds is 3. The Kier molecular flexibility index (Phi) is 3.46. The number of halogens is 2. The minimum Gasteiger partial charge on any atom is -0.216 e. The summed E-state index contributed by atoms with van der Waals surface area (Å²) in [6.07, 6.45) is 3.29. The molecule has 1 aliphatic rings. The standard InChI is InChI=1S/C15H14Cl2N2/c1-2-12-13(16)18-15(19-14(12)17)11-5-3-4-10(8-11)9-6-7-9/h3-5,8-9H,2,6-7H2,1H3. The zero-order chi connectivity index (χ0) is 13.4. The van der Waals surface area contributed by atoms with Crippen LogP contribution in [0.15, 0.2) is 24.3 Å². The molecule has 0 atom stereocenters. The zero-order valence-electron chi connectivity index (χ0n) is 10.7. The van der Waals surface area contributed by atoms with E-state index in [-0.39, 0.29) is 0 Å². The molecule has 4 heteroatoms. The van der Waals surface area contributed by atoms with E-state index in [0.717, 1.165) is 17.5 Å². The first kappa shape index (κ1) is 12.9. The fraction of sp³-hybridized carbons (Fsp3) is 0.333. The molecule has 98 valence electrons. The molecule has 0 bridgehead atoms. The Morgan fingerprint density at radius 2 is 1.84 bits per heavy atom. The molecule has 0 N–H and O–H groups in total. The lowest BCUT2D eigenvalue weighted by atomic mass is 10.1. The minimum atomic E-state index is 0.453. The first-order chi connectivity index (χ1) is 9.19. The minimum absolute atomic E-state index is 0.453. The Morgan fingerprint density at radius 1 is 1.16 bits per heavy atom. The summed E-state index contributed by atoms with van der Waals surface area (Å²) in [5, 5.41) is 0.906. The molecule has 1 aliphatic carbocycles. The number of hydrogen-bond acceptors (Lipinski definition) is 2. The predicted octanol–water partition coefficient (Wildman–Crippen LogP) is 4.89. The summed E-state index contributed by atoms with van der Waals surface area (Å²) >= 11 is 12.3. The van der Waals surface area contributed by atoms with Gasteiger partial charge in [-0.1, -0.05) is 48.3 Å². The molecule has 1 aromatic heterocycles. The summed E-state index contributed by atoms with van der Waals surface area (Å²) < 4.78 is 0. The van der Waals surface area contributed by atoms with Crippen LogP contribution >= 0.6 is 23.2 Å². The molecule has 1 saturated carbocycles. The second-order valence-electron chi connectivity index (χ2n) is 4.86. The Labute approximate surface area is 122 Å². The highest BCUT2D eigenvalue weighted by atomic mass is 35.5. The van der Waals surface area contributed by atoms with E-state index < -0.39 is 0 Å². The summed E-state index contributed by atoms with van der Waals surface area (Å²) in [6, 6.07) is 8.34. The van der Waals surface area contributed by atoms with Crippen LogP contribution in [0.25, 0.3) is 11.4 Å². The van der Waals surface area contributed by atoms with Crippen LogP contribution in [-0.2, 0) is 6.42 Å². The molecule has 3 rings (SSSR count). The number of benzene rings is 1. The van der Waals surface area contributed by atoms with Crippen molar-refractivity contribution in [3.05, 3.63) is 45.7 Å². The Morgan fingerprint density at radius 3 is 2.42 bits per heavy atom. The lowest BCUT2D eigenvalue weighted by molar-refractivity contribution is 1.05. The van der Waals surface area contributed by atoms with Crippen LogP contribution in [0.5, 0.6) is 0 Å². The molecule has 19 heavy (non-hydrogen) atoms. The van der Waals surface area contributed by atoms with Crippen molar-refractivity contribution in [1.82, 2.24) is 9.97 Å². The Hall–Kier alpha value is -1.12. The van der Waals surface area contributed by atoms with Crippen molar-refractivity contribution in [1.29, 1.82) is 0 Å². The van der Waals surface area contributed by atoms with Crippen LogP contribution < -0.4 is 0 Å². The molecular weight excluding hydrogens is 279 g/mol. The number of nitrogens with zero attached hydrogens (tertiary/aromatic N) is 2. The second kappa shape index (κ2) is 5.10. The molecule has 0 unspecified atom stereocenters. The van der Waals surface area contributed by atoms with Gasteiger partial charge in [-0.05, 0) is 36.8 Å². The summed E-state index contributed by atoms with van der Waals surface area (Å²) in [5.41, 5.74) is 3.15. The first-order valence-corrected chi connectivity index (χ1v) is 7.27. The third kappa shape index (κ3) is 2.60. The second-order valence-corrected chi connectivity index (χ2v) is 5.58. The third-order valence-electron chi connectivity index (χ3n) is 3.45. The van der Waals surface area contributed by atoms with E-state index in [0.29, 0.717) is 22.0 Å². The third-order valence-corrected chi connectivity index (χ3v) is 4.08. The highest BCUT2D eigenvalue weighted by Crippen LogP contribution is 2.41. The smallest absolute Gasteiger partial charge is 0.162 e. The van der Waals surface area contributed by atoms with Gasteiger partial charge in [0.2, 0.25) is 0 Å². The largest absolute Gasteiger partial charge is 0.216 e. The van der Waals surface area contributed by atoms with Gasteiger partial charge in [-0.25, -0.2) is 9.97 Å². The lowest BCUT2D eigenvalue weighted by Crippen LogP contribution is -1.97. The van der Waals surface area contributed by atoms with Crippen molar-refractivity contribution in [3.8, 4) is 11.4 Å². The van der Waals surface area contributed by atoms with Crippen molar-refractivity contribution in [2.45, 2.75) is 32.1 Å². The van der Waals surface area contributed by atoms with Crippen LogP contribution in [-0.4, -0.2) is 9.97 Å². The van der Waals surface area contributed by atoms with Crippen molar-refractivity contribution in [2.24, 2.45) is 0 Å². The molecule has 2 nitrogen and oxygen atoms in total. The van der Waals surface area contributed by atoms with Crippen LogP contribution in [0.3, 0.4) is 0 Å². The van der Waals surface area contributed by atoms with Gasteiger partial charge in [-0.3, -0.25) is 0 Å². The molecule has 0 radical (unpaired) electrons. The highest BCUT2D eigenvalue weighted by Gasteiger charge is 2.23. The fourth-order valence-electron chi connectivity index (χ4n) is 2.20. The van der Waals surface area contributed by atoms with Crippen LogP contribution in [0.2, 0.25) is 10.3 Å². The summed E-state index contributed by atoms with van der Waals surface area (Å²) in [4.78, 5) is 8.73. The van der Waals surface area contributed by atoms with Gasteiger partial charge in [0.05, 0.1) is 0 Å². The molecule has 0 aliphatic heterocycles. The molecule has 0 spiro atoms. The maximum atomic E-state index is 6.16. The van der Waals surface area contributed by atoms with Gasteiger partial charge >= 0.3 is 0 Å². The van der Waals surface area contributed by atoms with Gasteiger partial charge in [0.1, 0.15) is 10.3 Å². The fourth-order valence-corrected chi connectivity index (χ4v) is 2.85. The molecule has 2 aromatic rings. The topological polar surface area (TPSA) is 25.8 Å².